The zero-order valence-electron chi connectivity index (χ0n) is 13.3. The smallest absolute Gasteiger partial charge is 0.279 e. The van der Waals surface area contributed by atoms with E-state index in [0.29, 0.717) is 28.9 Å². The van der Waals surface area contributed by atoms with Crippen LogP contribution in [-0.4, -0.2) is 25.0 Å². The lowest BCUT2D eigenvalue weighted by atomic mass is 9.78. The molecule has 1 heterocycles. The molecule has 2 fully saturated rings. The zero-order chi connectivity index (χ0) is 16.2. The van der Waals surface area contributed by atoms with Crippen LogP contribution < -0.4 is 10.2 Å². The van der Waals surface area contributed by atoms with Gasteiger partial charge in [0.1, 0.15) is 6.07 Å². The van der Waals surface area contributed by atoms with Crippen molar-refractivity contribution in [2.24, 2.45) is 5.92 Å². The van der Waals surface area contributed by atoms with E-state index < -0.39 is 0 Å². The lowest BCUT2D eigenvalue weighted by molar-refractivity contribution is -0.928. The number of carbonyl (C=O) groups excluding carboxylic acids is 1. The summed E-state index contributed by atoms with van der Waals surface area (Å²) in [5.41, 5.74) is 0.966. The Morgan fingerprint density at radius 1 is 1.30 bits per heavy atom. The van der Waals surface area contributed by atoms with E-state index in [1.807, 2.05) is 0 Å². The van der Waals surface area contributed by atoms with Gasteiger partial charge in [-0.05, 0) is 50.3 Å². The third-order valence-corrected chi connectivity index (χ3v) is 5.51. The van der Waals surface area contributed by atoms with E-state index in [9.17, 15) is 4.79 Å². The van der Waals surface area contributed by atoms with Crippen molar-refractivity contribution in [3.63, 3.8) is 0 Å². The fraction of sp³-hybridized carbons (Fsp3) is 0.556. The highest BCUT2D eigenvalue weighted by atomic mass is 35.5. The minimum Gasteiger partial charge on any atom is -0.324 e. The number of hydrogen-bond donors (Lipinski definition) is 2. The van der Waals surface area contributed by atoms with Crippen molar-refractivity contribution >= 4 is 23.2 Å². The number of hydrogen-bond acceptors (Lipinski definition) is 2. The van der Waals surface area contributed by atoms with E-state index in [4.69, 9.17) is 16.9 Å². The summed E-state index contributed by atoms with van der Waals surface area (Å²) in [5, 5.41) is 12.6. The van der Waals surface area contributed by atoms with Crippen molar-refractivity contribution in [1.29, 1.82) is 5.26 Å². The number of fused-ring (bicyclic) bond motifs is 1. The van der Waals surface area contributed by atoms with Crippen molar-refractivity contribution in [3.05, 3.63) is 28.8 Å². The van der Waals surface area contributed by atoms with Gasteiger partial charge in [-0.1, -0.05) is 18.0 Å². The molecule has 1 unspecified atom stereocenters. The van der Waals surface area contributed by atoms with E-state index in [2.05, 4.69) is 11.4 Å². The van der Waals surface area contributed by atoms with Crippen LogP contribution in [0.15, 0.2) is 18.2 Å². The number of piperidine rings is 1. The predicted octanol–water partition coefficient (Wildman–Crippen LogP) is 2.39. The van der Waals surface area contributed by atoms with Crippen LogP contribution in [0.1, 0.15) is 44.1 Å². The topological polar surface area (TPSA) is 57.3 Å². The third-order valence-electron chi connectivity index (χ3n) is 5.27. The summed E-state index contributed by atoms with van der Waals surface area (Å²) in [6, 6.07) is 7.69. The molecule has 2 N–H and O–H groups in total. The number of nitriles is 1. The molecule has 3 atom stereocenters. The molecule has 1 saturated heterocycles. The molecule has 122 valence electrons. The highest BCUT2D eigenvalue weighted by Gasteiger charge is 2.37. The second kappa shape index (κ2) is 7.33. The Labute approximate surface area is 142 Å². The molecule has 1 aromatic carbocycles. The highest BCUT2D eigenvalue weighted by Crippen LogP contribution is 2.28. The Morgan fingerprint density at radius 3 is 2.91 bits per heavy atom. The van der Waals surface area contributed by atoms with Gasteiger partial charge in [-0.3, -0.25) is 4.79 Å². The van der Waals surface area contributed by atoms with Gasteiger partial charge in [-0.25, -0.2) is 0 Å². The molecular formula is C18H23ClN3O+. The van der Waals surface area contributed by atoms with Crippen LogP contribution in [0, 0.1) is 17.2 Å². The highest BCUT2D eigenvalue weighted by molar-refractivity contribution is 6.31. The standard InChI is InChI=1S/C18H22ClN3O/c19-15-8-7-14(11-20)16(10-15)21-18(23)12-22-9-3-5-13-4-1-2-6-17(13)22/h7-8,10,13,17H,1-6,9,12H2,(H,21,23)/p+1/t13-,17-/m0/s1. The molecule has 0 aromatic heterocycles. The molecule has 0 spiro atoms. The SMILES string of the molecule is N#Cc1ccc(Cl)cc1NC(=O)C[NH+]1CCC[C@@H]2CCCC[C@@H]21. The number of likely N-dealkylation sites (tertiary alicyclic amines) is 1. The van der Waals surface area contributed by atoms with E-state index in [-0.39, 0.29) is 5.91 Å². The normalized spacial score (nSPS) is 26.9. The molecule has 23 heavy (non-hydrogen) atoms. The largest absolute Gasteiger partial charge is 0.324 e. The van der Waals surface area contributed by atoms with Gasteiger partial charge in [0, 0.05) is 10.9 Å². The first-order chi connectivity index (χ1) is 11.2. The second-order valence-corrected chi connectivity index (χ2v) is 7.16. The van der Waals surface area contributed by atoms with Crippen molar-refractivity contribution in [3.8, 4) is 6.07 Å². The molecule has 0 radical (unpaired) electrons. The lowest BCUT2D eigenvalue weighted by Crippen LogP contribution is -3.18. The molecule has 1 aliphatic heterocycles. The summed E-state index contributed by atoms with van der Waals surface area (Å²) in [4.78, 5) is 13.9. The second-order valence-electron chi connectivity index (χ2n) is 6.73. The Bertz CT molecular complexity index is 623. The molecule has 4 nitrogen and oxygen atoms in total. The molecule has 3 rings (SSSR count). The maximum Gasteiger partial charge on any atom is 0.279 e. The lowest BCUT2D eigenvalue weighted by Gasteiger charge is -2.40. The molecule has 5 heteroatoms. The minimum atomic E-state index is -0.0232. The van der Waals surface area contributed by atoms with Crippen LogP contribution in [0.4, 0.5) is 5.69 Å². The van der Waals surface area contributed by atoms with E-state index in [0.717, 1.165) is 12.5 Å². The van der Waals surface area contributed by atoms with Gasteiger partial charge in [0.05, 0.1) is 23.8 Å². The summed E-state index contributed by atoms with van der Waals surface area (Å²) in [6.07, 6.45) is 7.73. The summed E-state index contributed by atoms with van der Waals surface area (Å²) in [7, 11) is 0. The number of rotatable bonds is 3. The number of benzene rings is 1. The van der Waals surface area contributed by atoms with Crippen molar-refractivity contribution in [1.82, 2.24) is 0 Å². The van der Waals surface area contributed by atoms with Gasteiger partial charge < -0.3 is 10.2 Å². The number of carbonyl (C=O) groups is 1. The van der Waals surface area contributed by atoms with Crippen LogP contribution in [0.25, 0.3) is 0 Å². The minimum absolute atomic E-state index is 0.0232. The summed E-state index contributed by atoms with van der Waals surface area (Å²) in [5.74, 6) is 0.770. The predicted molar refractivity (Wildman–Crippen MR) is 90.5 cm³/mol. The van der Waals surface area contributed by atoms with E-state index >= 15 is 0 Å². The fourth-order valence-electron chi connectivity index (χ4n) is 4.20. The van der Waals surface area contributed by atoms with Crippen LogP contribution in [0.5, 0.6) is 0 Å². The van der Waals surface area contributed by atoms with Crippen LogP contribution in [-0.2, 0) is 4.79 Å². The number of anilines is 1. The molecule has 1 aliphatic carbocycles. The number of halogens is 1. The van der Waals surface area contributed by atoms with E-state index in [1.165, 1.54) is 43.4 Å². The molecule has 0 bridgehead atoms. The van der Waals surface area contributed by atoms with Gasteiger partial charge in [0.15, 0.2) is 6.54 Å². The first-order valence-electron chi connectivity index (χ1n) is 8.51. The van der Waals surface area contributed by atoms with Crippen LogP contribution in [0.2, 0.25) is 5.02 Å². The summed E-state index contributed by atoms with van der Waals surface area (Å²) >= 11 is 5.97. The van der Waals surface area contributed by atoms with E-state index in [1.54, 1.807) is 18.2 Å². The van der Waals surface area contributed by atoms with Gasteiger partial charge in [0.2, 0.25) is 0 Å². The van der Waals surface area contributed by atoms with Crippen molar-refractivity contribution in [2.75, 3.05) is 18.4 Å². The Balaban J connectivity index is 1.65. The zero-order valence-corrected chi connectivity index (χ0v) is 14.0. The van der Waals surface area contributed by atoms with Crippen molar-refractivity contribution < 1.29 is 9.69 Å². The maximum absolute atomic E-state index is 12.5. The first kappa shape index (κ1) is 16.3. The Morgan fingerprint density at radius 2 is 2.09 bits per heavy atom. The molecule has 2 aliphatic rings. The molecule has 1 saturated carbocycles. The van der Waals surface area contributed by atoms with Gasteiger partial charge in [-0.2, -0.15) is 5.26 Å². The molecular weight excluding hydrogens is 310 g/mol. The number of amides is 1. The number of quaternary nitrogens is 1. The molecule has 1 amide bonds. The average Bonchev–Trinajstić information content (AvgIpc) is 2.55. The van der Waals surface area contributed by atoms with Crippen LogP contribution >= 0.6 is 11.6 Å². The summed E-state index contributed by atoms with van der Waals surface area (Å²) < 4.78 is 0. The summed E-state index contributed by atoms with van der Waals surface area (Å²) in [6.45, 7) is 1.56. The van der Waals surface area contributed by atoms with Crippen molar-refractivity contribution in [2.45, 2.75) is 44.6 Å². The monoisotopic (exact) mass is 332 g/mol. The number of nitrogens with one attached hydrogen (secondary N) is 2. The van der Waals surface area contributed by atoms with Gasteiger partial charge in [0.25, 0.3) is 5.91 Å². The Kier molecular flexibility index (Phi) is 5.20. The maximum atomic E-state index is 12.5. The average molecular weight is 333 g/mol. The number of nitrogens with zero attached hydrogens (tertiary/aromatic N) is 1. The third kappa shape index (κ3) is 3.85. The molecule has 1 aromatic rings. The van der Waals surface area contributed by atoms with Crippen LogP contribution in [0.3, 0.4) is 0 Å². The Hall–Kier alpha value is -1.57. The quantitative estimate of drug-likeness (QED) is 0.893. The fourth-order valence-corrected chi connectivity index (χ4v) is 4.38. The van der Waals surface area contributed by atoms with Gasteiger partial charge in [-0.15, -0.1) is 0 Å². The van der Waals surface area contributed by atoms with Gasteiger partial charge >= 0.3 is 0 Å². The first-order valence-corrected chi connectivity index (χ1v) is 8.89.